The van der Waals surface area contributed by atoms with Crippen LogP contribution < -0.4 is 15.0 Å². The monoisotopic (exact) mass is 538 g/mol. The van der Waals surface area contributed by atoms with Gasteiger partial charge >= 0.3 is 0 Å². The molecule has 11 heteroatoms. The molecule has 1 N–H and O–H groups in total. The van der Waals surface area contributed by atoms with Gasteiger partial charge in [-0.15, -0.1) is 16.4 Å². The summed E-state index contributed by atoms with van der Waals surface area (Å²) in [5.41, 5.74) is 0.617. The molecule has 0 radical (unpaired) electrons. The van der Waals surface area contributed by atoms with Crippen LogP contribution in [0.4, 0.5) is 0 Å². The van der Waals surface area contributed by atoms with Crippen molar-refractivity contribution in [1.82, 2.24) is 30.1 Å². The fourth-order valence-corrected chi connectivity index (χ4v) is 5.74. The third-order valence-corrected chi connectivity index (χ3v) is 7.67. The number of tetrazole rings is 1. The predicted molar refractivity (Wildman–Crippen MR) is 146 cm³/mol. The van der Waals surface area contributed by atoms with Crippen molar-refractivity contribution in [3.63, 3.8) is 0 Å². The van der Waals surface area contributed by atoms with Crippen LogP contribution in [0.15, 0.2) is 40.5 Å². The summed E-state index contributed by atoms with van der Waals surface area (Å²) in [5.74, 6) is 1.75. The molecule has 1 aliphatic heterocycles. The molecule has 38 heavy (non-hydrogen) atoms. The average Bonchev–Trinajstić information content (AvgIpc) is 3.67. The number of hydrogen-bond donors (Lipinski definition) is 1. The van der Waals surface area contributed by atoms with Gasteiger partial charge in [0.1, 0.15) is 6.04 Å². The zero-order chi connectivity index (χ0) is 26.9. The van der Waals surface area contributed by atoms with Gasteiger partial charge < -0.3 is 19.2 Å². The van der Waals surface area contributed by atoms with Crippen molar-refractivity contribution in [3.05, 3.63) is 62.3 Å². The Morgan fingerprint density at radius 1 is 1.24 bits per heavy atom. The average molecular weight is 539 g/mol. The molecule has 0 aliphatic carbocycles. The Bertz CT molecular complexity index is 1440. The maximum Gasteiger partial charge on any atom is 0.253 e. The number of aromatic nitrogens is 5. The van der Waals surface area contributed by atoms with Crippen LogP contribution in [0.5, 0.6) is 11.5 Å². The molecule has 0 amide bonds. The van der Waals surface area contributed by atoms with Crippen molar-refractivity contribution in [3.8, 4) is 11.5 Å². The molecular weight excluding hydrogens is 504 g/mol. The Morgan fingerprint density at radius 2 is 2.03 bits per heavy atom. The lowest BCUT2D eigenvalue weighted by atomic mass is 10.0. The van der Waals surface area contributed by atoms with Crippen LogP contribution >= 0.6 is 11.3 Å². The van der Waals surface area contributed by atoms with Crippen molar-refractivity contribution in [1.29, 1.82) is 0 Å². The first kappa shape index (κ1) is 26.3. The molecule has 5 rings (SSSR count). The van der Waals surface area contributed by atoms with E-state index in [4.69, 9.17) is 14.2 Å². The van der Waals surface area contributed by atoms with Crippen LogP contribution in [0.3, 0.4) is 0 Å². The standard InChI is InChI=1S/C27H34N6O4S/c1-27(2,3)33-25(29-30-31-33)24(32(15-18-8-6-10-37-18)16-19-9-7-11-38-19)20-12-17-13-22(35-4)23(36-5)14-21(17)28-26(20)34/h7,9,11-14,18,24H,6,8,10,15-16H2,1-5H3,(H,28,34)/t18-,24+/m1/s1. The van der Waals surface area contributed by atoms with E-state index < -0.39 is 11.6 Å². The molecule has 1 aliphatic rings. The molecule has 1 aromatic carbocycles. The zero-order valence-electron chi connectivity index (χ0n) is 22.4. The highest BCUT2D eigenvalue weighted by molar-refractivity contribution is 7.09. The molecule has 1 fully saturated rings. The molecule has 0 saturated carbocycles. The summed E-state index contributed by atoms with van der Waals surface area (Å²) < 4.78 is 18.8. The molecule has 0 bridgehead atoms. The van der Waals surface area contributed by atoms with E-state index in [1.165, 1.54) is 4.88 Å². The largest absolute Gasteiger partial charge is 0.493 e. The summed E-state index contributed by atoms with van der Waals surface area (Å²) in [6.45, 7) is 8.17. The van der Waals surface area contributed by atoms with Gasteiger partial charge in [-0.2, -0.15) is 0 Å². The third-order valence-electron chi connectivity index (χ3n) is 6.81. The number of pyridine rings is 1. The second-order valence-corrected chi connectivity index (χ2v) is 11.5. The quantitative estimate of drug-likeness (QED) is 0.339. The molecule has 1 saturated heterocycles. The van der Waals surface area contributed by atoms with Gasteiger partial charge in [-0.25, -0.2) is 4.68 Å². The fourth-order valence-electron chi connectivity index (χ4n) is 5.01. The van der Waals surface area contributed by atoms with Crippen molar-refractivity contribution in [2.24, 2.45) is 0 Å². The molecule has 4 heterocycles. The first-order chi connectivity index (χ1) is 18.3. The SMILES string of the molecule is COc1cc2cc([C@@H](c3nnnn3C(C)(C)C)N(Cc3cccs3)C[C@H]3CCCO3)c(=O)[nH]c2cc1OC. The van der Waals surface area contributed by atoms with E-state index in [1.807, 2.05) is 22.9 Å². The summed E-state index contributed by atoms with van der Waals surface area (Å²) in [7, 11) is 3.17. The normalized spacial score (nSPS) is 16.8. The fraction of sp³-hybridized carbons (Fsp3) is 0.481. The van der Waals surface area contributed by atoms with Gasteiger partial charge in [-0.1, -0.05) is 6.07 Å². The lowest BCUT2D eigenvalue weighted by molar-refractivity contribution is 0.0569. The summed E-state index contributed by atoms with van der Waals surface area (Å²) in [4.78, 5) is 20.3. The molecule has 2 atom stereocenters. The highest BCUT2D eigenvalue weighted by atomic mass is 32.1. The van der Waals surface area contributed by atoms with Gasteiger partial charge in [0.15, 0.2) is 17.3 Å². The Kier molecular flexibility index (Phi) is 7.51. The highest BCUT2D eigenvalue weighted by Crippen LogP contribution is 2.35. The van der Waals surface area contributed by atoms with Crippen molar-refractivity contribution >= 4 is 22.2 Å². The number of benzene rings is 1. The Hall–Kier alpha value is -3.28. The van der Waals surface area contributed by atoms with Gasteiger partial charge in [0.2, 0.25) is 0 Å². The van der Waals surface area contributed by atoms with Crippen LogP contribution in [0.25, 0.3) is 10.9 Å². The van der Waals surface area contributed by atoms with Crippen molar-refractivity contribution < 1.29 is 14.2 Å². The lowest BCUT2D eigenvalue weighted by Gasteiger charge is -2.34. The van der Waals surface area contributed by atoms with E-state index in [2.05, 4.69) is 57.6 Å². The summed E-state index contributed by atoms with van der Waals surface area (Å²) >= 11 is 1.69. The minimum absolute atomic E-state index is 0.0697. The van der Waals surface area contributed by atoms with Gasteiger partial charge in [0, 0.05) is 41.6 Å². The van der Waals surface area contributed by atoms with Gasteiger partial charge in [0.05, 0.1) is 31.4 Å². The first-order valence-corrected chi connectivity index (χ1v) is 13.6. The Labute approximate surface area is 225 Å². The lowest BCUT2D eigenvalue weighted by Crippen LogP contribution is -2.40. The molecule has 0 unspecified atom stereocenters. The van der Waals surface area contributed by atoms with Gasteiger partial charge in [0.25, 0.3) is 5.56 Å². The summed E-state index contributed by atoms with van der Waals surface area (Å²) in [6.07, 6.45) is 2.07. The van der Waals surface area contributed by atoms with Crippen LogP contribution in [0.1, 0.15) is 55.9 Å². The molecule has 3 aromatic heterocycles. The van der Waals surface area contributed by atoms with E-state index in [-0.39, 0.29) is 11.7 Å². The number of nitrogens with zero attached hydrogens (tertiary/aromatic N) is 5. The molecule has 4 aromatic rings. The molecular formula is C27H34N6O4S. The number of fused-ring (bicyclic) bond motifs is 1. The van der Waals surface area contributed by atoms with Crippen LogP contribution in [-0.2, 0) is 16.8 Å². The first-order valence-electron chi connectivity index (χ1n) is 12.7. The number of methoxy groups -OCH3 is 2. The smallest absolute Gasteiger partial charge is 0.253 e. The van der Waals surface area contributed by atoms with Crippen molar-refractivity contribution in [2.75, 3.05) is 27.4 Å². The van der Waals surface area contributed by atoms with Gasteiger partial charge in [-0.05, 0) is 67.6 Å². The number of hydrogen-bond acceptors (Lipinski definition) is 9. The molecule has 10 nitrogen and oxygen atoms in total. The Balaban J connectivity index is 1.70. The second-order valence-electron chi connectivity index (χ2n) is 10.5. The zero-order valence-corrected chi connectivity index (χ0v) is 23.2. The van der Waals surface area contributed by atoms with Crippen LogP contribution in [0, 0.1) is 0 Å². The Morgan fingerprint density at radius 3 is 2.68 bits per heavy atom. The van der Waals surface area contributed by atoms with Crippen molar-refractivity contribution in [2.45, 2.75) is 57.8 Å². The van der Waals surface area contributed by atoms with Crippen LogP contribution in [-0.4, -0.2) is 63.6 Å². The van der Waals surface area contributed by atoms with Crippen LogP contribution in [0.2, 0.25) is 0 Å². The summed E-state index contributed by atoms with van der Waals surface area (Å²) in [5, 5.41) is 15.8. The van der Waals surface area contributed by atoms with E-state index in [0.29, 0.717) is 41.5 Å². The number of thiophene rings is 1. The number of ether oxygens (including phenoxy) is 3. The summed E-state index contributed by atoms with van der Waals surface area (Å²) in [6, 6.07) is 9.21. The third kappa shape index (κ3) is 5.31. The number of H-pyrrole nitrogens is 1. The molecule has 0 spiro atoms. The predicted octanol–water partition coefficient (Wildman–Crippen LogP) is 4.12. The minimum Gasteiger partial charge on any atom is -0.493 e. The number of rotatable bonds is 9. The second kappa shape index (κ2) is 10.8. The van der Waals surface area contributed by atoms with E-state index in [1.54, 1.807) is 31.6 Å². The van der Waals surface area contributed by atoms with E-state index in [0.717, 1.165) is 24.8 Å². The number of aromatic amines is 1. The van der Waals surface area contributed by atoms with E-state index in [9.17, 15) is 4.79 Å². The van der Waals surface area contributed by atoms with Gasteiger partial charge in [-0.3, -0.25) is 9.69 Å². The topological polar surface area (TPSA) is 107 Å². The van der Waals surface area contributed by atoms with E-state index >= 15 is 0 Å². The number of nitrogens with one attached hydrogen (secondary N) is 1. The maximum atomic E-state index is 13.8. The maximum absolute atomic E-state index is 13.8. The molecule has 202 valence electrons. The minimum atomic E-state index is -0.517. The highest BCUT2D eigenvalue weighted by Gasteiger charge is 2.35.